The topological polar surface area (TPSA) is 40.6 Å². The Morgan fingerprint density at radius 3 is 2.41 bits per heavy atom. The van der Waals surface area contributed by atoms with E-state index in [2.05, 4.69) is 22.6 Å². The second-order valence-corrected chi connectivity index (χ2v) is 5.92. The number of hydrogen-bond acceptors (Lipinski definition) is 2. The van der Waals surface area contributed by atoms with Gasteiger partial charge in [0.25, 0.3) is 5.91 Å². The number of benzene rings is 1. The molecule has 0 N–H and O–H groups in total. The van der Waals surface area contributed by atoms with E-state index in [1.165, 1.54) is 6.92 Å². The fourth-order valence-corrected chi connectivity index (χ4v) is 2.64. The fourth-order valence-electron chi connectivity index (χ4n) is 2.02. The number of nitrogens with zero attached hydrogens (tertiary/aromatic N) is 2. The molecule has 1 aliphatic heterocycles. The minimum atomic E-state index is -0.0736. The van der Waals surface area contributed by atoms with Gasteiger partial charge in [-0.3, -0.25) is 14.5 Å². The second-order valence-electron chi connectivity index (χ2n) is 4.76. The molecule has 0 saturated heterocycles. The van der Waals surface area contributed by atoms with Gasteiger partial charge < -0.3 is 4.90 Å². The predicted molar refractivity (Wildman–Crippen MR) is 94.8 cm³/mol. The van der Waals surface area contributed by atoms with Crippen molar-refractivity contribution < 1.29 is 9.59 Å². The Balaban J connectivity index is 2.14. The van der Waals surface area contributed by atoms with Crippen LogP contribution >= 0.6 is 22.6 Å². The highest BCUT2D eigenvalue weighted by atomic mass is 127. The van der Waals surface area contributed by atoms with Crippen LogP contribution in [0.15, 0.2) is 60.6 Å². The van der Waals surface area contributed by atoms with E-state index in [0.717, 1.165) is 9.14 Å². The summed E-state index contributed by atoms with van der Waals surface area (Å²) in [5.74, 6) is -0.0791. The van der Waals surface area contributed by atoms with E-state index in [-0.39, 0.29) is 11.8 Å². The molecular formula is C17H17IN2O2. The molecule has 1 heterocycles. The van der Waals surface area contributed by atoms with E-state index in [1.807, 2.05) is 43.3 Å². The number of hydrogen-bond donors (Lipinski definition) is 0. The van der Waals surface area contributed by atoms with Gasteiger partial charge in [0, 0.05) is 35.6 Å². The van der Waals surface area contributed by atoms with Gasteiger partial charge in [0.15, 0.2) is 0 Å². The molecular weight excluding hydrogens is 391 g/mol. The van der Waals surface area contributed by atoms with Crippen LogP contribution in [0.5, 0.6) is 0 Å². The average Bonchev–Trinajstić information content (AvgIpc) is 2.52. The van der Waals surface area contributed by atoms with Crippen molar-refractivity contribution in [2.75, 3.05) is 6.54 Å². The van der Waals surface area contributed by atoms with Crippen LogP contribution in [0.2, 0.25) is 0 Å². The van der Waals surface area contributed by atoms with Crippen LogP contribution in [0.3, 0.4) is 0 Å². The molecule has 1 aromatic carbocycles. The standard InChI is InChI=1S/C17H17IN2O2/c1-3-19(13(2)21)12-14-8-10-20(11-9-14)17(22)15-6-4-5-7-16(15)18/h4-12H,3H2,1-2H3. The van der Waals surface area contributed by atoms with Crippen LogP contribution in [0.1, 0.15) is 24.2 Å². The van der Waals surface area contributed by atoms with Gasteiger partial charge in [-0.2, -0.15) is 0 Å². The lowest BCUT2D eigenvalue weighted by molar-refractivity contribution is -0.126. The fraction of sp³-hybridized carbons (Fsp3) is 0.176. The van der Waals surface area contributed by atoms with Gasteiger partial charge in [0.1, 0.15) is 0 Å². The normalized spacial score (nSPS) is 13.2. The summed E-state index contributed by atoms with van der Waals surface area (Å²) in [6.07, 6.45) is 8.85. The molecule has 0 atom stereocenters. The summed E-state index contributed by atoms with van der Waals surface area (Å²) in [5.41, 5.74) is 1.55. The quantitative estimate of drug-likeness (QED) is 0.719. The Morgan fingerprint density at radius 2 is 1.86 bits per heavy atom. The minimum Gasteiger partial charge on any atom is -0.319 e. The molecule has 1 aliphatic rings. The first-order valence-corrected chi connectivity index (χ1v) is 8.03. The number of rotatable bonds is 3. The zero-order valence-corrected chi connectivity index (χ0v) is 14.6. The molecule has 0 fully saturated rings. The van der Waals surface area contributed by atoms with Crippen molar-refractivity contribution in [1.82, 2.24) is 9.80 Å². The molecule has 0 radical (unpaired) electrons. The predicted octanol–water partition coefficient (Wildman–Crippen LogP) is 3.53. The van der Waals surface area contributed by atoms with Crippen molar-refractivity contribution >= 4 is 34.4 Å². The lowest BCUT2D eigenvalue weighted by Crippen LogP contribution is -2.24. The lowest BCUT2D eigenvalue weighted by Gasteiger charge is -2.19. The van der Waals surface area contributed by atoms with Crippen LogP contribution in [-0.4, -0.2) is 28.2 Å². The van der Waals surface area contributed by atoms with Crippen molar-refractivity contribution in [2.24, 2.45) is 0 Å². The summed E-state index contributed by atoms with van der Waals surface area (Å²) in [7, 11) is 0. The lowest BCUT2D eigenvalue weighted by atomic mass is 10.1. The van der Waals surface area contributed by atoms with Gasteiger partial charge in [-0.1, -0.05) is 12.1 Å². The summed E-state index contributed by atoms with van der Waals surface area (Å²) in [5, 5.41) is 0. The van der Waals surface area contributed by atoms with E-state index >= 15 is 0 Å². The molecule has 0 aromatic heterocycles. The molecule has 5 heteroatoms. The number of allylic oxidation sites excluding steroid dienone is 3. The first kappa shape index (κ1) is 16.5. The van der Waals surface area contributed by atoms with Crippen LogP contribution in [0, 0.1) is 3.57 Å². The molecule has 0 saturated carbocycles. The molecule has 0 bridgehead atoms. The Bertz CT molecular complexity index is 661. The first-order chi connectivity index (χ1) is 10.5. The zero-order chi connectivity index (χ0) is 16.1. The monoisotopic (exact) mass is 408 g/mol. The molecule has 0 aliphatic carbocycles. The highest BCUT2D eigenvalue weighted by Gasteiger charge is 2.15. The Morgan fingerprint density at radius 1 is 1.23 bits per heavy atom. The van der Waals surface area contributed by atoms with Crippen LogP contribution < -0.4 is 0 Å². The van der Waals surface area contributed by atoms with E-state index in [1.54, 1.807) is 28.4 Å². The second kappa shape index (κ2) is 7.40. The summed E-state index contributed by atoms with van der Waals surface area (Å²) >= 11 is 2.15. The summed E-state index contributed by atoms with van der Waals surface area (Å²) < 4.78 is 0.918. The molecule has 2 amide bonds. The van der Waals surface area contributed by atoms with Crippen LogP contribution in [0.4, 0.5) is 0 Å². The zero-order valence-electron chi connectivity index (χ0n) is 12.5. The maximum Gasteiger partial charge on any atom is 0.262 e. The third kappa shape index (κ3) is 3.85. The Labute approximate surface area is 143 Å². The number of halogens is 1. The van der Waals surface area contributed by atoms with Gasteiger partial charge >= 0.3 is 0 Å². The van der Waals surface area contributed by atoms with E-state index < -0.39 is 0 Å². The van der Waals surface area contributed by atoms with Gasteiger partial charge in [0.05, 0.1) is 5.56 Å². The van der Waals surface area contributed by atoms with Crippen LogP contribution in [0.25, 0.3) is 0 Å². The van der Waals surface area contributed by atoms with E-state index in [9.17, 15) is 9.59 Å². The van der Waals surface area contributed by atoms with Crippen molar-refractivity contribution in [1.29, 1.82) is 0 Å². The molecule has 0 spiro atoms. The molecule has 4 nitrogen and oxygen atoms in total. The summed E-state index contributed by atoms with van der Waals surface area (Å²) in [4.78, 5) is 27.0. The minimum absolute atomic E-state index is 0.00542. The molecule has 114 valence electrons. The van der Waals surface area contributed by atoms with Gasteiger partial charge in [-0.15, -0.1) is 0 Å². The highest BCUT2D eigenvalue weighted by molar-refractivity contribution is 14.1. The van der Waals surface area contributed by atoms with Gasteiger partial charge in [-0.25, -0.2) is 0 Å². The highest BCUT2D eigenvalue weighted by Crippen LogP contribution is 2.17. The third-order valence-corrected chi connectivity index (χ3v) is 4.18. The Hall–Kier alpha value is -1.89. The summed E-state index contributed by atoms with van der Waals surface area (Å²) in [6.45, 7) is 4.07. The van der Waals surface area contributed by atoms with E-state index in [0.29, 0.717) is 12.1 Å². The largest absolute Gasteiger partial charge is 0.319 e. The Kier molecular flexibility index (Phi) is 5.54. The number of carbonyl (C=O) groups excluding carboxylic acids is 2. The van der Waals surface area contributed by atoms with Gasteiger partial charge in [-0.05, 0) is 59.4 Å². The SMILES string of the molecule is CCN(C=C1C=CN(C(=O)c2ccccc2I)C=C1)C(C)=O. The summed E-state index contributed by atoms with van der Waals surface area (Å²) in [6, 6.07) is 7.47. The van der Waals surface area contributed by atoms with Crippen molar-refractivity contribution in [3.05, 3.63) is 69.7 Å². The third-order valence-electron chi connectivity index (χ3n) is 3.24. The molecule has 0 unspecified atom stereocenters. The number of carbonyl (C=O) groups is 2. The molecule has 2 rings (SSSR count). The van der Waals surface area contributed by atoms with Gasteiger partial charge in [0.2, 0.25) is 5.91 Å². The first-order valence-electron chi connectivity index (χ1n) is 6.95. The van der Waals surface area contributed by atoms with Crippen LogP contribution in [-0.2, 0) is 4.79 Å². The van der Waals surface area contributed by atoms with Crippen molar-refractivity contribution in [3.63, 3.8) is 0 Å². The molecule has 22 heavy (non-hydrogen) atoms. The van der Waals surface area contributed by atoms with Crippen molar-refractivity contribution in [3.8, 4) is 0 Å². The smallest absolute Gasteiger partial charge is 0.262 e. The maximum atomic E-state index is 12.4. The van der Waals surface area contributed by atoms with E-state index in [4.69, 9.17) is 0 Å². The average molecular weight is 408 g/mol. The maximum absolute atomic E-state index is 12.4. The van der Waals surface area contributed by atoms with Crippen molar-refractivity contribution in [2.45, 2.75) is 13.8 Å². The number of amides is 2. The molecule has 1 aromatic rings.